The molecule has 3 aliphatic heterocycles. The largest absolute Gasteiger partial charge is 0.341 e. The van der Waals surface area contributed by atoms with Crippen molar-refractivity contribution in [2.24, 2.45) is 5.92 Å². The van der Waals surface area contributed by atoms with Gasteiger partial charge in [0.1, 0.15) is 5.82 Å². The second kappa shape index (κ2) is 12.5. The van der Waals surface area contributed by atoms with Gasteiger partial charge in [-0.2, -0.15) is 0 Å². The van der Waals surface area contributed by atoms with Crippen LogP contribution in [0, 0.1) is 11.7 Å². The maximum atomic E-state index is 13.8. The van der Waals surface area contributed by atoms with Crippen molar-refractivity contribution in [3.05, 3.63) is 59.2 Å². The molecule has 0 aliphatic carbocycles. The predicted octanol–water partition coefficient (Wildman–Crippen LogP) is 3.81. The van der Waals surface area contributed by atoms with E-state index in [0.717, 1.165) is 42.1 Å². The Morgan fingerprint density at radius 1 is 1.13 bits per heavy atom. The average molecular weight is 581 g/mol. The molecular weight excluding hydrogens is 540 g/mol. The van der Waals surface area contributed by atoms with E-state index in [4.69, 9.17) is 4.98 Å². The fourth-order valence-corrected chi connectivity index (χ4v) is 6.00. The van der Waals surface area contributed by atoms with E-state index in [-0.39, 0.29) is 59.9 Å². The minimum absolute atomic E-state index is 0. The van der Waals surface area contributed by atoms with Crippen molar-refractivity contribution < 1.29 is 14.0 Å². The molecule has 39 heavy (non-hydrogen) atoms. The summed E-state index contributed by atoms with van der Waals surface area (Å²) >= 11 is 0. The SMILES string of the molecule is C[C@H]1CC(=O)N(C[C@H]2CN[C@H](C)CN2CC(=O)N2CC(C)(C)c3ncc(Cc4ccc(F)cc4)cc32)C1.Cl.Cl. The van der Waals surface area contributed by atoms with Gasteiger partial charge in [-0.3, -0.25) is 19.5 Å². The monoisotopic (exact) mass is 579 g/mol. The van der Waals surface area contributed by atoms with Crippen LogP contribution in [0.3, 0.4) is 0 Å². The highest BCUT2D eigenvalue weighted by Crippen LogP contribution is 2.39. The molecule has 2 saturated heterocycles. The summed E-state index contributed by atoms with van der Waals surface area (Å²) in [6.45, 7) is 12.4. The van der Waals surface area contributed by atoms with Gasteiger partial charge in [0.25, 0.3) is 0 Å². The van der Waals surface area contributed by atoms with Crippen LogP contribution in [0.2, 0.25) is 0 Å². The number of pyridine rings is 1. The van der Waals surface area contributed by atoms with Crippen molar-refractivity contribution >= 4 is 42.3 Å². The molecule has 2 aromatic rings. The first-order valence-electron chi connectivity index (χ1n) is 13.4. The highest BCUT2D eigenvalue weighted by atomic mass is 35.5. The lowest BCUT2D eigenvalue weighted by Gasteiger charge is -2.41. The molecule has 5 rings (SSSR count). The van der Waals surface area contributed by atoms with Crippen LogP contribution in [-0.4, -0.2) is 78.0 Å². The van der Waals surface area contributed by atoms with E-state index in [2.05, 4.69) is 44.0 Å². The number of likely N-dealkylation sites (tertiary alicyclic amines) is 1. The first kappa shape index (κ1) is 31.3. The predicted molar refractivity (Wildman–Crippen MR) is 157 cm³/mol. The molecule has 1 aromatic heterocycles. The molecule has 3 aliphatic rings. The van der Waals surface area contributed by atoms with Gasteiger partial charge >= 0.3 is 0 Å². The molecule has 2 fully saturated rings. The van der Waals surface area contributed by atoms with Crippen molar-refractivity contribution in [2.75, 3.05) is 44.2 Å². The third-order valence-corrected chi connectivity index (χ3v) is 7.94. The Hall–Kier alpha value is -2.26. The summed E-state index contributed by atoms with van der Waals surface area (Å²) in [5.74, 6) is 0.414. The number of carbonyl (C=O) groups is 2. The van der Waals surface area contributed by atoms with Crippen molar-refractivity contribution in [1.29, 1.82) is 0 Å². The number of hydrogen-bond donors (Lipinski definition) is 1. The molecule has 3 atom stereocenters. The Kier molecular flexibility index (Phi) is 10.0. The number of benzene rings is 1. The number of fused-ring (bicyclic) bond motifs is 1. The van der Waals surface area contributed by atoms with E-state index in [9.17, 15) is 14.0 Å². The molecule has 0 saturated carbocycles. The van der Waals surface area contributed by atoms with Crippen LogP contribution in [0.5, 0.6) is 0 Å². The topological polar surface area (TPSA) is 68.8 Å². The number of nitrogens with zero attached hydrogens (tertiary/aromatic N) is 4. The van der Waals surface area contributed by atoms with Gasteiger partial charge in [-0.1, -0.05) is 32.9 Å². The number of aromatic nitrogens is 1. The van der Waals surface area contributed by atoms with Crippen LogP contribution in [0.15, 0.2) is 36.5 Å². The first-order chi connectivity index (χ1) is 17.6. The second-order valence-electron chi connectivity index (χ2n) is 11.9. The summed E-state index contributed by atoms with van der Waals surface area (Å²) < 4.78 is 13.3. The van der Waals surface area contributed by atoms with Crippen LogP contribution in [0.1, 0.15) is 50.9 Å². The number of halogens is 3. The summed E-state index contributed by atoms with van der Waals surface area (Å²) in [6, 6.07) is 8.96. The first-order valence-corrected chi connectivity index (χ1v) is 13.4. The fourth-order valence-electron chi connectivity index (χ4n) is 6.00. The smallest absolute Gasteiger partial charge is 0.241 e. The number of piperazine rings is 1. The van der Waals surface area contributed by atoms with Gasteiger partial charge in [-0.05, 0) is 48.6 Å². The molecule has 0 radical (unpaired) electrons. The lowest BCUT2D eigenvalue weighted by atomic mass is 9.91. The standard InChI is InChI=1S/C29H38FN5O2.2ClH/c1-19-9-26(36)34(14-19)16-24-13-31-20(2)15-33(24)17-27(37)35-18-29(3,4)28-25(35)11-22(12-32-28)10-21-5-7-23(30)8-6-21;;/h5-8,11-12,19-20,24,31H,9-10,13-18H2,1-4H3;2*1H/t19-,20+,24+;;/m0../s1. The number of hydrogen-bond acceptors (Lipinski definition) is 5. The minimum Gasteiger partial charge on any atom is -0.341 e. The number of carbonyl (C=O) groups excluding carboxylic acids is 2. The number of rotatable bonds is 6. The second-order valence-corrected chi connectivity index (χ2v) is 11.9. The molecule has 0 unspecified atom stereocenters. The Morgan fingerprint density at radius 3 is 2.51 bits per heavy atom. The molecule has 0 spiro atoms. The summed E-state index contributed by atoms with van der Waals surface area (Å²) in [7, 11) is 0. The van der Waals surface area contributed by atoms with Gasteiger partial charge in [0, 0.05) is 62.8 Å². The summed E-state index contributed by atoms with van der Waals surface area (Å²) in [5.41, 5.74) is 3.56. The van der Waals surface area contributed by atoms with Crippen molar-refractivity contribution in [3.8, 4) is 0 Å². The van der Waals surface area contributed by atoms with Gasteiger partial charge in [0.2, 0.25) is 11.8 Å². The molecule has 1 aromatic carbocycles. The van der Waals surface area contributed by atoms with Gasteiger partial charge in [-0.25, -0.2) is 4.39 Å². The Labute approximate surface area is 243 Å². The average Bonchev–Trinajstić information content (AvgIpc) is 3.30. The zero-order chi connectivity index (χ0) is 26.3. The quantitative estimate of drug-likeness (QED) is 0.563. The third kappa shape index (κ3) is 6.91. The van der Waals surface area contributed by atoms with Crippen LogP contribution in [0.25, 0.3) is 0 Å². The van der Waals surface area contributed by atoms with Gasteiger partial charge < -0.3 is 15.1 Å². The maximum absolute atomic E-state index is 13.8. The lowest BCUT2D eigenvalue weighted by Crippen LogP contribution is -2.61. The van der Waals surface area contributed by atoms with Crippen molar-refractivity contribution in [3.63, 3.8) is 0 Å². The van der Waals surface area contributed by atoms with E-state index in [0.29, 0.717) is 38.4 Å². The molecule has 10 heteroatoms. The third-order valence-electron chi connectivity index (χ3n) is 7.94. The van der Waals surface area contributed by atoms with Crippen molar-refractivity contribution in [1.82, 2.24) is 20.1 Å². The number of nitrogens with one attached hydrogen (secondary N) is 1. The van der Waals surface area contributed by atoms with Gasteiger partial charge in [-0.15, -0.1) is 24.8 Å². The summed E-state index contributed by atoms with van der Waals surface area (Å²) in [4.78, 5) is 37.1. The van der Waals surface area contributed by atoms with E-state index in [1.54, 1.807) is 12.1 Å². The molecule has 214 valence electrons. The Morgan fingerprint density at radius 2 is 1.85 bits per heavy atom. The summed E-state index contributed by atoms with van der Waals surface area (Å²) in [5, 5.41) is 3.53. The van der Waals surface area contributed by atoms with Crippen molar-refractivity contribution in [2.45, 2.75) is 58.0 Å². The zero-order valence-corrected chi connectivity index (χ0v) is 24.8. The van der Waals surface area contributed by atoms with Crippen LogP contribution < -0.4 is 10.2 Å². The molecule has 1 N–H and O–H groups in total. The molecule has 2 amide bonds. The maximum Gasteiger partial charge on any atom is 0.241 e. The van der Waals surface area contributed by atoms with Crippen LogP contribution >= 0.6 is 24.8 Å². The highest BCUT2D eigenvalue weighted by molar-refractivity contribution is 5.97. The Bertz CT molecular complexity index is 1180. The van der Waals surface area contributed by atoms with Crippen LogP contribution in [0.4, 0.5) is 10.1 Å². The van der Waals surface area contributed by atoms with Crippen LogP contribution in [-0.2, 0) is 21.4 Å². The van der Waals surface area contributed by atoms with E-state index >= 15 is 0 Å². The number of amides is 2. The van der Waals surface area contributed by atoms with E-state index in [1.807, 2.05) is 16.0 Å². The van der Waals surface area contributed by atoms with Gasteiger partial charge in [0.15, 0.2) is 0 Å². The van der Waals surface area contributed by atoms with E-state index in [1.165, 1.54) is 12.1 Å². The normalized spacial score (nSPS) is 24.2. The summed E-state index contributed by atoms with van der Waals surface area (Å²) in [6.07, 6.45) is 3.12. The Balaban J connectivity index is 0.00000210. The molecule has 7 nitrogen and oxygen atoms in total. The minimum atomic E-state index is -0.251. The van der Waals surface area contributed by atoms with E-state index < -0.39 is 0 Å². The highest BCUT2D eigenvalue weighted by Gasteiger charge is 2.41. The molecule has 4 heterocycles. The number of anilines is 1. The van der Waals surface area contributed by atoms with Gasteiger partial charge in [0.05, 0.1) is 17.9 Å². The molecular formula is C29H40Cl2FN5O2. The fraction of sp³-hybridized carbons (Fsp3) is 0.552. The lowest BCUT2D eigenvalue weighted by molar-refractivity contribution is -0.128. The molecule has 0 bridgehead atoms. The zero-order valence-electron chi connectivity index (χ0n) is 23.2.